The van der Waals surface area contributed by atoms with E-state index in [1.54, 1.807) is 0 Å². The van der Waals surface area contributed by atoms with Crippen LogP contribution in [0.1, 0.15) is 12.5 Å². The molecule has 0 radical (unpaired) electrons. The minimum Gasteiger partial charge on any atom is -0.479 e. The highest BCUT2D eigenvalue weighted by atomic mass is 32.2. The molecule has 0 spiro atoms. The zero-order valence-corrected chi connectivity index (χ0v) is 10.0. The molecule has 2 N–H and O–H groups in total. The summed E-state index contributed by atoms with van der Waals surface area (Å²) in [6.45, 7) is 1.10. The number of halogens is 3. The van der Waals surface area contributed by atoms with Crippen molar-refractivity contribution < 1.29 is 28.2 Å². The Balaban J connectivity index is 2.68. The number of pyridine rings is 1. The van der Waals surface area contributed by atoms with Gasteiger partial charge in [0.25, 0.3) is 0 Å². The summed E-state index contributed by atoms with van der Waals surface area (Å²) >= 11 is 0.866. The predicted molar refractivity (Wildman–Crippen MR) is 58.2 cm³/mol. The molecule has 1 unspecified atom stereocenters. The third-order valence-electron chi connectivity index (χ3n) is 2.03. The van der Waals surface area contributed by atoms with Gasteiger partial charge >= 0.3 is 12.1 Å². The number of carboxylic acid groups (broad SMARTS) is 1. The lowest BCUT2D eigenvalue weighted by Gasteiger charge is -2.16. The third-order valence-corrected chi connectivity index (χ3v) is 3.27. The number of nitrogens with zero attached hydrogens (tertiary/aromatic N) is 1. The third kappa shape index (κ3) is 3.88. The number of hydrogen-bond donors (Lipinski definition) is 2. The average Bonchev–Trinajstić information content (AvgIpc) is 2.25. The summed E-state index contributed by atoms with van der Waals surface area (Å²) in [4.78, 5) is 14.1. The summed E-state index contributed by atoms with van der Waals surface area (Å²) in [6.07, 6.45) is -3.79. The summed E-state index contributed by atoms with van der Waals surface area (Å²) in [5.41, 5.74) is -2.83. The van der Waals surface area contributed by atoms with Crippen molar-refractivity contribution >= 4 is 17.7 Å². The van der Waals surface area contributed by atoms with Gasteiger partial charge in [0.05, 0.1) is 10.6 Å². The minimum absolute atomic E-state index is 0.208. The first-order valence-electron chi connectivity index (χ1n) is 4.75. The smallest absolute Gasteiger partial charge is 0.417 e. The Kier molecular flexibility index (Phi) is 4.23. The lowest BCUT2D eigenvalue weighted by atomic mass is 10.1. The molecule has 8 heteroatoms. The fourth-order valence-corrected chi connectivity index (χ4v) is 1.75. The number of aliphatic carboxylic acids is 1. The standard InChI is InChI=1S/C10H10F3NO3S/c1-9(17,8(15)16)5-18-7-3-2-6(4-14-7)10(11,12)13/h2-4,17H,5H2,1H3,(H,15,16). The van der Waals surface area contributed by atoms with Crippen LogP contribution in [0.15, 0.2) is 23.4 Å². The fraction of sp³-hybridized carbons (Fsp3) is 0.400. The molecular formula is C10H10F3NO3S. The molecule has 1 aromatic rings. The van der Waals surface area contributed by atoms with Crippen molar-refractivity contribution in [2.75, 3.05) is 5.75 Å². The Labute approximate surface area is 105 Å². The Hall–Kier alpha value is -1.28. The van der Waals surface area contributed by atoms with Gasteiger partial charge < -0.3 is 10.2 Å². The van der Waals surface area contributed by atoms with E-state index in [0.29, 0.717) is 6.20 Å². The zero-order chi connectivity index (χ0) is 14.0. The molecule has 1 atom stereocenters. The zero-order valence-electron chi connectivity index (χ0n) is 9.23. The molecule has 1 aromatic heterocycles. The van der Waals surface area contributed by atoms with Crippen LogP contribution in [0.3, 0.4) is 0 Å². The highest BCUT2D eigenvalue weighted by Gasteiger charge is 2.32. The molecule has 100 valence electrons. The lowest BCUT2D eigenvalue weighted by molar-refractivity contribution is -0.154. The normalized spacial score (nSPS) is 15.2. The monoisotopic (exact) mass is 281 g/mol. The lowest BCUT2D eigenvalue weighted by Crippen LogP contribution is -2.37. The summed E-state index contributed by atoms with van der Waals surface area (Å²) in [6, 6.07) is 1.98. The van der Waals surface area contributed by atoms with Crippen molar-refractivity contribution in [2.24, 2.45) is 0 Å². The van der Waals surface area contributed by atoms with E-state index >= 15 is 0 Å². The van der Waals surface area contributed by atoms with Gasteiger partial charge in [0, 0.05) is 11.9 Å². The first kappa shape index (κ1) is 14.8. The number of aromatic nitrogens is 1. The van der Waals surface area contributed by atoms with Gasteiger partial charge in [-0.25, -0.2) is 9.78 Å². The summed E-state index contributed by atoms with van der Waals surface area (Å²) in [5.74, 6) is -1.61. The van der Waals surface area contributed by atoms with E-state index in [-0.39, 0.29) is 10.8 Å². The van der Waals surface area contributed by atoms with Gasteiger partial charge in [-0.05, 0) is 19.1 Å². The number of thioether (sulfide) groups is 1. The van der Waals surface area contributed by atoms with E-state index < -0.39 is 23.3 Å². The Morgan fingerprint density at radius 2 is 2.06 bits per heavy atom. The maximum absolute atomic E-state index is 12.2. The Morgan fingerprint density at radius 1 is 1.44 bits per heavy atom. The molecule has 1 heterocycles. The number of rotatable bonds is 4. The van der Waals surface area contributed by atoms with Crippen molar-refractivity contribution in [1.82, 2.24) is 4.98 Å². The predicted octanol–water partition coefficient (Wildman–Crippen LogP) is 2.03. The molecule has 0 aliphatic carbocycles. The quantitative estimate of drug-likeness (QED) is 0.826. The van der Waals surface area contributed by atoms with E-state index in [4.69, 9.17) is 5.11 Å². The van der Waals surface area contributed by atoms with E-state index in [1.807, 2.05) is 0 Å². The number of hydrogen-bond acceptors (Lipinski definition) is 4. The highest BCUT2D eigenvalue weighted by Crippen LogP contribution is 2.30. The highest BCUT2D eigenvalue weighted by molar-refractivity contribution is 7.99. The van der Waals surface area contributed by atoms with E-state index in [1.165, 1.54) is 0 Å². The number of alkyl halides is 3. The van der Waals surface area contributed by atoms with Gasteiger partial charge in [0.15, 0.2) is 5.60 Å². The van der Waals surface area contributed by atoms with Crippen LogP contribution < -0.4 is 0 Å². The largest absolute Gasteiger partial charge is 0.479 e. The number of carboxylic acids is 1. The van der Waals surface area contributed by atoms with Crippen LogP contribution in [-0.2, 0) is 11.0 Å². The second kappa shape index (κ2) is 5.15. The topological polar surface area (TPSA) is 70.4 Å². The van der Waals surface area contributed by atoms with Crippen LogP contribution in [0, 0.1) is 0 Å². The van der Waals surface area contributed by atoms with Crippen molar-refractivity contribution in [3.8, 4) is 0 Å². The molecule has 0 saturated heterocycles. The van der Waals surface area contributed by atoms with Crippen LogP contribution in [0.2, 0.25) is 0 Å². The van der Waals surface area contributed by atoms with Crippen LogP contribution in [0.25, 0.3) is 0 Å². The van der Waals surface area contributed by atoms with Gasteiger partial charge in [-0.15, -0.1) is 11.8 Å². The molecule has 0 amide bonds. The Bertz CT molecular complexity index is 431. The van der Waals surface area contributed by atoms with Gasteiger partial charge in [0.1, 0.15) is 0 Å². The molecule has 1 rings (SSSR count). The number of aliphatic hydroxyl groups is 1. The number of carbonyl (C=O) groups is 1. The molecule has 0 aliphatic heterocycles. The second-order valence-corrected chi connectivity index (χ2v) is 4.75. The molecule has 0 saturated carbocycles. The van der Waals surface area contributed by atoms with Gasteiger partial charge in [-0.2, -0.15) is 13.2 Å². The minimum atomic E-state index is -4.46. The van der Waals surface area contributed by atoms with Gasteiger partial charge in [-0.1, -0.05) is 0 Å². The first-order chi connectivity index (χ1) is 8.13. The van der Waals surface area contributed by atoms with Crippen LogP contribution in [-0.4, -0.2) is 32.5 Å². The van der Waals surface area contributed by atoms with Crippen LogP contribution in [0.5, 0.6) is 0 Å². The van der Waals surface area contributed by atoms with Gasteiger partial charge in [0.2, 0.25) is 0 Å². The van der Waals surface area contributed by atoms with Gasteiger partial charge in [-0.3, -0.25) is 0 Å². The maximum atomic E-state index is 12.2. The van der Waals surface area contributed by atoms with Crippen molar-refractivity contribution in [3.63, 3.8) is 0 Å². The van der Waals surface area contributed by atoms with Crippen molar-refractivity contribution in [2.45, 2.75) is 23.7 Å². The van der Waals surface area contributed by atoms with E-state index in [2.05, 4.69) is 4.98 Å². The maximum Gasteiger partial charge on any atom is 0.417 e. The first-order valence-corrected chi connectivity index (χ1v) is 5.73. The van der Waals surface area contributed by atoms with Crippen LogP contribution in [0.4, 0.5) is 13.2 Å². The summed E-state index contributed by atoms with van der Waals surface area (Å²) < 4.78 is 36.7. The van der Waals surface area contributed by atoms with Crippen molar-refractivity contribution in [1.29, 1.82) is 0 Å². The van der Waals surface area contributed by atoms with E-state index in [9.17, 15) is 23.1 Å². The average molecular weight is 281 g/mol. The molecule has 0 aromatic carbocycles. The molecule has 18 heavy (non-hydrogen) atoms. The van der Waals surface area contributed by atoms with Crippen LogP contribution >= 0.6 is 11.8 Å². The molecular weight excluding hydrogens is 271 g/mol. The van der Waals surface area contributed by atoms with E-state index in [0.717, 1.165) is 30.8 Å². The summed E-state index contributed by atoms with van der Waals surface area (Å²) in [5, 5.41) is 18.3. The molecule has 0 fully saturated rings. The fourth-order valence-electron chi connectivity index (χ4n) is 0.910. The summed E-state index contributed by atoms with van der Waals surface area (Å²) in [7, 11) is 0. The molecule has 4 nitrogen and oxygen atoms in total. The Morgan fingerprint density at radius 3 is 2.44 bits per heavy atom. The second-order valence-electron chi connectivity index (χ2n) is 3.75. The van der Waals surface area contributed by atoms with Crippen molar-refractivity contribution in [3.05, 3.63) is 23.9 Å². The SMILES string of the molecule is CC(O)(CSc1ccc(C(F)(F)F)cn1)C(=O)O. The molecule has 0 aliphatic rings. The molecule has 0 bridgehead atoms.